The van der Waals surface area contributed by atoms with Gasteiger partial charge in [-0.15, -0.1) is 0 Å². The van der Waals surface area contributed by atoms with Crippen LogP contribution in [0.25, 0.3) is 0 Å². The zero-order chi connectivity index (χ0) is 20.2. The summed E-state index contributed by atoms with van der Waals surface area (Å²) < 4.78 is 0. The quantitative estimate of drug-likeness (QED) is 0.713. The molecule has 2 aromatic carbocycles. The van der Waals surface area contributed by atoms with Crippen molar-refractivity contribution in [3.05, 3.63) is 64.7 Å². The number of carbonyl (C=O) groups is 2. The first-order valence-electron chi connectivity index (χ1n) is 10.9. The predicted molar refractivity (Wildman–Crippen MR) is 117 cm³/mol. The summed E-state index contributed by atoms with van der Waals surface area (Å²) >= 11 is 0. The van der Waals surface area contributed by atoms with Gasteiger partial charge in [-0.05, 0) is 74.9 Å². The Morgan fingerprint density at radius 2 is 1.62 bits per heavy atom. The molecule has 0 radical (unpaired) electrons. The van der Waals surface area contributed by atoms with Crippen molar-refractivity contribution in [2.45, 2.75) is 57.9 Å². The van der Waals surface area contributed by atoms with Crippen LogP contribution in [0.5, 0.6) is 0 Å². The van der Waals surface area contributed by atoms with E-state index in [1.165, 1.54) is 32.1 Å². The third kappa shape index (κ3) is 4.52. The van der Waals surface area contributed by atoms with Crippen LogP contribution >= 0.6 is 0 Å². The van der Waals surface area contributed by atoms with Crippen LogP contribution in [0.3, 0.4) is 0 Å². The number of likely N-dealkylation sites (tertiary alicyclic amines) is 1. The maximum Gasteiger partial charge on any atom is 0.253 e. The van der Waals surface area contributed by atoms with Crippen molar-refractivity contribution in [2.75, 3.05) is 18.4 Å². The zero-order valence-electron chi connectivity index (χ0n) is 17.2. The van der Waals surface area contributed by atoms with E-state index in [0.717, 1.165) is 37.2 Å². The third-order valence-corrected chi connectivity index (χ3v) is 6.21. The van der Waals surface area contributed by atoms with E-state index in [1.54, 1.807) is 12.1 Å². The molecular formula is C25H30N2O2. The topological polar surface area (TPSA) is 49.4 Å². The summed E-state index contributed by atoms with van der Waals surface area (Å²) in [6.07, 6.45) is 8.33. The lowest BCUT2D eigenvalue weighted by Crippen LogP contribution is -2.35. The number of ketones is 1. The summed E-state index contributed by atoms with van der Waals surface area (Å²) in [6.45, 7) is 3.60. The van der Waals surface area contributed by atoms with Gasteiger partial charge in [0, 0.05) is 41.5 Å². The van der Waals surface area contributed by atoms with E-state index in [4.69, 9.17) is 0 Å². The fourth-order valence-corrected chi connectivity index (χ4v) is 4.54. The number of benzene rings is 2. The van der Waals surface area contributed by atoms with Crippen LogP contribution in [-0.2, 0) is 0 Å². The number of hydrogen-bond acceptors (Lipinski definition) is 3. The van der Waals surface area contributed by atoms with Gasteiger partial charge >= 0.3 is 0 Å². The highest BCUT2D eigenvalue weighted by Gasteiger charge is 2.20. The number of anilines is 1. The molecule has 4 nitrogen and oxygen atoms in total. The molecule has 0 aromatic heterocycles. The van der Waals surface area contributed by atoms with E-state index in [2.05, 4.69) is 11.4 Å². The molecule has 0 unspecified atom stereocenters. The molecule has 4 heteroatoms. The van der Waals surface area contributed by atoms with Crippen LogP contribution in [0.1, 0.15) is 76.8 Å². The minimum Gasteiger partial charge on any atom is -0.382 e. The van der Waals surface area contributed by atoms with Gasteiger partial charge in [0.1, 0.15) is 0 Å². The average molecular weight is 391 g/mol. The molecule has 0 spiro atoms. The molecule has 2 aromatic rings. The molecule has 1 saturated carbocycles. The van der Waals surface area contributed by atoms with Gasteiger partial charge < -0.3 is 10.2 Å². The first kappa shape index (κ1) is 19.7. The highest BCUT2D eigenvalue weighted by molar-refractivity contribution is 6.11. The summed E-state index contributed by atoms with van der Waals surface area (Å²) in [6, 6.07) is 13.7. The summed E-state index contributed by atoms with van der Waals surface area (Å²) in [7, 11) is 0. The number of nitrogens with zero attached hydrogens (tertiary/aromatic N) is 1. The molecule has 0 atom stereocenters. The van der Waals surface area contributed by atoms with E-state index in [9.17, 15) is 9.59 Å². The van der Waals surface area contributed by atoms with Crippen LogP contribution < -0.4 is 5.32 Å². The maximum atomic E-state index is 13.1. The van der Waals surface area contributed by atoms with Crippen LogP contribution in [-0.4, -0.2) is 35.7 Å². The van der Waals surface area contributed by atoms with Gasteiger partial charge in [-0.25, -0.2) is 0 Å². The lowest BCUT2D eigenvalue weighted by molar-refractivity contribution is 0.0724. The van der Waals surface area contributed by atoms with Gasteiger partial charge in [-0.1, -0.05) is 25.0 Å². The Hall–Kier alpha value is -2.62. The average Bonchev–Trinajstić information content (AvgIpc) is 3.27. The molecule has 152 valence electrons. The minimum atomic E-state index is -0.0248. The van der Waals surface area contributed by atoms with Crippen molar-refractivity contribution < 1.29 is 9.59 Å². The molecule has 1 amide bonds. The zero-order valence-corrected chi connectivity index (χ0v) is 17.2. The SMILES string of the molecule is Cc1cc(NC2CCCC2)ccc1C(=O)c1cccc(C(=O)N2CCCCC2)c1. The van der Waals surface area contributed by atoms with Gasteiger partial charge in [0.25, 0.3) is 5.91 Å². The van der Waals surface area contributed by atoms with Crippen molar-refractivity contribution in [1.29, 1.82) is 0 Å². The Bertz CT molecular complexity index is 893. The Morgan fingerprint density at radius 3 is 2.34 bits per heavy atom. The molecule has 29 heavy (non-hydrogen) atoms. The van der Waals surface area contributed by atoms with Crippen LogP contribution in [0, 0.1) is 6.92 Å². The van der Waals surface area contributed by atoms with Crippen molar-refractivity contribution >= 4 is 17.4 Å². The molecular weight excluding hydrogens is 360 g/mol. The van der Waals surface area contributed by atoms with E-state index >= 15 is 0 Å². The fraction of sp³-hybridized carbons (Fsp3) is 0.440. The lowest BCUT2D eigenvalue weighted by atomic mass is 9.97. The third-order valence-electron chi connectivity index (χ3n) is 6.21. The molecule has 2 aliphatic rings. The van der Waals surface area contributed by atoms with Gasteiger partial charge in [0.2, 0.25) is 0 Å². The highest BCUT2D eigenvalue weighted by Crippen LogP contribution is 2.25. The number of piperidine rings is 1. The number of rotatable bonds is 5. The molecule has 1 heterocycles. The van der Waals surface area contributed by atoms with Gasteiger partial charge in [0.05, 0.1) is 0 Å². The summed E-state index contributed by atoms with van der Waals surface area (Å²) in [5.74, 6) is 0.00962. The lowest BCUT2D eigenvalue weighted by Gasteiger charge is -2.26. The van der Waals surface area contributed by atoms with Crippen molar-refractivity contribution in [3.8, 4) is 0 Å². The molecule has 4 rings (SSSR count). The van der Waals surface area contributed by atoms with Crippen LogP contribution in [0.2, 0.25) is 0 Å². The Labute approximate surface area is 173 Å². The van der Waals surface area contributed by atoms with E-state index in [0.29, 0.717) is 22.7 Å². The number of nitrogens with one attached hydrogen (secondary N) is 1. The standard InChI is InChI=1S/C25H30N2O2/c1-18-16-22(26-21-10-3-4-11-21)12-13-23(18)24(28)19-8-7-9-20(17-19)25(29)27-14-5-2-6-15-27/h7-9,12-13,16-17,21,26H,2-6,10-11,14-15H2,1H3. The number of carbonyl (C=O) groups excluding carboxylic acids is 2. The molecule has 0 bridgehead atoms. The summed E-state index contributed by atoms with van der Waals surface area (Å²) in [4.78, 5) is 27.8. The normalized spacial score (nSPS) is 17.3. The second-order valence-electron chi connectivity index (χ2n) is 8.42. The molecule has 1 aliphatic heterocycles. The number of amides is 1. The van der Waals surface area contributed by atoms with Crippen molar-refractivity contribution in [3.63, 3.8) is 0 Å². The molecule has 1 N–H and O–H groups in total. The predicted octanol–water partition coefficient (Wildman–Crippen LogP) is 5.21. The number of aryl methyl sites for hydroxylation is 1. The summed E-state index contributed by atoms with van der Waals surface area (Å²) in [5.41, 5.74) is 3.93. The number of hydrogen-bond donors (Lipinski definition) is 1. The Balaban J connectivity index is 1.51. The van der Waals surface area contributed by atoms with Gasteiger partial charge in [-0.2, -0.15) is 0 Å². The molecule has 2 fully saturated rings. The highest BCUT2D eigenvalue weighted by atomic mass is 16.2. The van der Waals surface area contributed by atoms with Gasteiger partial charge in [0.15, 0.2) is 5.78 Å². The minimum absolute atomic E-state index is 0.0248. The van der Waals surface area contributed by atoms with Crippen molar-refractivity contribution in [1.82, 2.24) is 4.90 Å². The molecule has 1 aliphatic carbocycles. The second-order valence-corrected chi connectivity index (χ2v) is 8.42. The van der Waals surface area contributed by atoms with Gasteiger partial charge in [-0.3, -0.25) is 9.59 Å². The van der Waals surface area contributed by atoms with Crippen LogP contribution in [0.15, 0.2) is 42.5 Å². The second kappa shape index (κ2) is 8.81. The van der Waals surface area contributed by atoms with E-state index < -0.39 is 0 Å². The first-order valence-corrected chi connectivity index (χ1v) is 10.9. The fourth-order valence-electron chi connectivity index (χ4n) is 4.54. The monoisotopic (exact) mass is 390 g/mol. The smallest absolute Gasteiger partial charge is 0.253 e. The largest absolute Gasteiger partial charge is 0.382 e. The Kier molecular flexibility index (Phi) is 5.98. The first-order chi connectivity index (χ1) is 14.1. The summed E-state index contributed by atoms with van der Waals surface area (Å²) in [5, 5.41) is 3.59. The van der Waals surface area contributed by atoms with Crippen molar-refractivity contribution in [2.24, 2.45) is 0 Å². The Morgan fingerprint density at radius 1 is 0.897 bits per heavy atom. The maximum absolute atomic E-state index is 13.1. The van der Waals surface area contributed by atoms with E-state index in [-0.39, 0.29) is 11.7 Å². The van der Waals surface area contributed by atoms with Crippen LogP contribution in [0.4, 0.5) is 5.69 Å². The molecule has 1 saturated heterocycles. The van der Waals surface area contributed by atoms with E-state index in [1.807, 2.05) is 36.1 Å².